The minimum atomic E-state index is -2.93. The van der Waals surface area contributed by atoms with Gasteiger partial charge in [-0.15, -0.1) is 0 Å². The van der Waals surface area contributed by atoms with Crippen molar-refractivity contribution >= 4 is 17.8 Å². The number of benzene rings is 2. The molecule has 0 heterocycles. The number of para-hydroxylation sites is 2. The van der Waals surface area contributed by atoms with Crippen molar-refractivity contribution < 1.29 is 23.1 Å². The highest BCUT2D eigenvalue weighted by atomic mass is 19.3. The molecule has 0 atom stereocenters. The summed E-state index contributed by atoms with van der Waals surface area (Å²) in [5.74, 6) is -0.283. The number of carbonyl (C=O) groups is 1. The van der Waals surface area contributed by atoms with E-state index in [1.807, 2.05) is 44.2 Å². The SMILES string of the molecule is CC(C)N(C(=O)CO/N=C/c1ccccc1OC(F)F)c1ccccc1. The van der Waals surface area contributed by atoms with Crippen LogP contribution < -0.4 is 9.64 Å². The van der Waals surface area contributed by atoms with Crippen LogP contribution in [0.15, 0.2) is 59.8 Å². The van der Waals surface area contributed by atoms with Crippen molar-refractivity contribution in [3.05, 3.63) is 60.2 Å². The smallest absolute Gasteiger partial charge is 0.387 e. The second-order valence-electron chi connectivity index (χ2n) is 5.62. The second-order valence-corrected chi connectivity index (χ2v) is 5.62. The van der Waals surface area contributed by atoms with E-state index in [-0.39, 0.29) is 24.3 Å². The number of ether oxygens (including phenoxy) is 1. The van der Waals surface area contributed by atoms with Crippen LogP contribution in [0, 0.1) is 0 Å². The number of alkyl halides is 2. The molecule has 0 aliphatic heterocycles. The first-order chi connectivity index (χ1) is 12.5. The van der Waals surface area contributed by atoms with Crippen molar-refractivity contribution in [1.82, 2.24) is 0 Å². The first kappa shape index (κ1) is 19.4. The van der Waals surface area contributed by atoms with Gasteiger partial charge in [-0.1, -0.05) is 35.5 Å². The Morgan fingerprint density at radius 3 is 2.42 bits per heavy atom. The number of nitrogens with zero attached hydrogens (tertiary/aromatic N) is 2. The van der Waals surface area contributed by atoms with E-state index in [2.05, 4.69) is 9.89 Å². The van der Waals surface area contributed by atoms with E-state index in [1.54, 1.807) is 23.1 Å². The molecule has 0 aliphatic carbocycles. The minimum absolute atomic E-state index is 0.0192. The average Bonchev–Trinajstić information content (AvgIpc) is 2.60. The molecule has 0 unspecified atom stereocenters. The van der Waals surface area contributed by atoms with Gasteiger partial charge in [0.2, 0.25) is 0 Å². The highest BCUT2D eigenvalue weighted by Gasteiger charge is 2.19. The van der Waals surface area contributed by atoms with Crippen molar-refractivity contribution in [2.75, 3.05) is 11.5 Å². The molecular weight excluding hydrogens is 342 g/mol. The first-order valence-electron chi connectivity index (χ1n) is 8.05. The molecule has 2 rings (SSSR count). The van der Waals surface area contributed by atoms with Crippen molar-refractivity contribution in [3.63, 3.8) is 0 Å². The van der Waals surface area contributed by atoms with E-state index in [4.69, 9.17) is 4.84 Å². The fraction of sp³-hybridized carbons (Fsp3) is 0.263. The van der Waals surface area contributed by atoms with Gasteiger partial charge in [0, 0.05) is 17.3 Å². The van der Waals surface area contributed by atoms with Gasteiger partial charge in [-0.3, -0.25) is 4.79 Å². The summed E-state index contributed by atoms with van der Waals surface area (Å²) >= 11 is 0. The molecule has 0 spiro atoms. The van der Waals surface area contributed by atoms with Crippen LogP contribution in [0.25, 0.3) is 0 Å². The van der Waals surface area contributed by atoms with E-state index < -0.39 is 6.61 Å². The van der Waals surface area contributed by atoms with E-state index in [1.165, 1.54) is 12.3 Å². The number of anilines is 1. The standard InChI is InChI=1S/C19H20F2N2O3/c1-14(2)23(16-9-4-3-5-10-16)18(24)13-25-22-12-15-8-6-7-11-17(15)26-19(20)21/h3-12,14,19H,13H2,1-2H3/b22-12+. The first-order valence-corrected chi connectivity index (χ1v) is 8.05. The molecule has 0 fully saturated rings. The number of oxime groups is 1. The van der Waals surface area contributed by atoms with Crippen LogP contribution in [0.4, 0.5) is 14.5 Å². The zero-order valence-corrected chi connectivity index (χ0v) is 14.5. The molecule has 2 aromatic rings. The Hall–Kier alpha value is -2.96. The van der Waals surface area contributed by atoms with Crippen molar-refractivity contribution in [2.24, 2.45) is 5.16 Å². The second kappa shape index (κ2) is 9.50. The van der Waals surface area contributed by atoms with Crippen LogP contribution in [0.1, 0.15) is 19.4 Å². The molecule has 2 aromatic carbocycles. The fourth-order valence-electron chi connectivity index (χ4n) is 2.37. The average molecular weight is 362 g/mol. The molecule has 0 saturated heterocycles. The van der Waals surface area contributed by atoms with Crippen molar-refractivity contribution in [3.8, 4) is 5.75 Å². The summed E-state index contributed by atoms with van der Waals surface area (Å²) in [5, 5.41) is 3.69. The molecule has 0 saturated carbocycles. The summed E-state index contributed by atoms with van der Waals surface area (Å²) in [5.41, 5.74) is 1.08. The molecule has 0 bridgehead atoms. The van der Waals surface area contributed by atoms with Crippen molar-refractivity contribution in [2.45, 2.75) is 26.5 Å². The number of hydrogen-bond acceptors (Lipinski definition) is 4. The highest BCUT2D eigenvalue weighted by Crippen LogP contribution is 2.19. The molecule has 1 amide bonds. The normalized spacial score (nSPS) is 11.2. The van der Waals surface area contributed by atoms with Gasteiger partial charge in [-0.25, -0.2) is 0 Å². The molecule has 5 nitrogen and oxygen atoms in total. The van der Waals surface area contributed by atoms with E-state index >= 15 is 0 Å². The topological polar surface area (TPSA) is 51.1 Å². The molecule has 0 radical (unpaired) electrons. The van der Waals surface area contributed by atoms with Gasteiger partial charge in [0.05, 0.1) is 6.21 Å². The maximum atomic E-state index is 12.4. The van der Waals surface area contributed by atoms with E-state index in [9.17, 15) is 13.6 Å². The number of amides is 1. The number of carbonyl (C=O) groups excluding carboxylic acids is 1. The maximum absolute atomic E-state index is 12.4. The Morgan fingerprint density at radius 1 is 1.12 bits per heavy atom. The Labute approximate surface area is 150 Å². The van der Waals surface area contributed by atoms with Gasteiger partial charge >= 0.3 is 6.61 Å². The quantitative estimate of drug-likeness (QED) is 0.525. The van der Waals surface area contributed by atoms with Gasteiger partial charge < -0.3 is 14.5 Å². The Balaban J connectivity index is 1.98. The molecule has 0 N–H and O–H groups in total. The van der Waals surface area contributed by atoms with Gasteiger partial charge in [0.1, 0.15) is 5.75 Å². The largest absolute Gasteiger partial charge is 0.434 e. The number of halogens is 2. The summed E-state index contributed by atoms with van der Waals surface area (Å²) in [6.45, 7) is 0.581. The van der Waals surface area contributed by atoms with Crippen LogP contribution in [0.3, 0.4) is 0 Å². The molecule has 26 heavy (non-hydrogen) atoms. The molecule has 138 valence electrons. The van der Waals surface area contributed by atoms with Crippen molar-refractivity contribution in [1.29, 1.82) is 0 Å². The van der Waals surface area contributed by atoms with E-state index in [0.717, 1.165) is 5.69 Å². The Morgan fingerprint density at radius 2 is 1.77 bits per heavy atom. The monoisotopic (exact) mass is 362 g/mol. The zero-order chi connectivity index (χ0) is 18.9. The van der Waals surface area contributed by atoms with E-state index in [0.29, 0.717) is 5.56 Å². The van der Waals surface area contributed by atoms with Crippen LogP contribution in [-0.4, -0.2) is 31.4 Å². The van der Waals surface area contributed by atoms with Crippen LogP contribution in [0.2, 0.25) is 0 Å². The van der Waals surface area contributed by atoms with Gasteiger partial charge in [-0.2, -0.15) is 8.78 Å². The predicted octanol–water partition coefficient (Wildman–Crippen LogP) is 4.08. The Bertz CT molecular complexity index is 737. The lowest BCUT2D eigenvalue weighted by Crippen LogP contribution is -2.39. The highest BCUT2D eigenvalue weighted by molar-refractivity contribution is 5.94. The van der Waals surface area contributed by atoms with Gasteiger partial charge in [-0.05, 0) is 38.1 Å². The molecular formula is C19H20F2N2O3. The lowest BCUT2D eigenvalue weighted by molar-refractivity contribution is -0.123. The van der Waals surface area contributed by atoms with Crippen LogP contribution >= 0.6 is 0 Å². The third kappa shape index (κ3) is 5.54. The van der Waals surface area contributed by atoms with Crippen LogP contribution in [0.5, 0.6) is 5.75 Å². The summed E-state index contributed by atoms with van der Waals surface area (Å²) < 4.78 is 29.1. The molecule has 0 aliphatic rings. The molecule has 0 aromatic heterocycles. The maximum Gasteiger partial charge on any atom is 0.387 e. The summed E-state index contributed by atoms with van der Waals surface area (Å²) in [7, 11) is 0. The van der Waals surface area contributed by atoms with Gasteiger partial charge in [0.25, 0.3) is 5.91 Å². The third-order valence-electron chi connectivity index (χ3n) is 3.41. The fourth-order valence-corrected chi connectivity index (χ4v) is 2.37. The third-order valence-corrected chi connectivity index (χ3v) is 3.41. The summed E-state index contributed by atoms with van der Waals surface area (Å²) in [6.07, 6.45) is 1.23. The molecule has 7 heteroatoms. The summed E-state index contributed by atoms with van der Waals surface area (Å²) in [4.78, 5) is 19.1. The number of rotatable bonds is 8. The summed E-state index contributed by atoms with van der Waals surface area (Å²) in [6, 6.07) is 15.3. The predicted molar refractivity (Wildman–Crippen MR) is 95.7 cm³/mol. The number of hydrogen-bond donors (Lipinski definition) is 0. The Kier molecular flexibility index (Phi) is 7.08. The minimum Gasteiger partial charge on any atom is -0.434 e. The zero-order valence-electron chi connectivity index (χ0n) is 14.5. The van der Waals surface area contributed by atoms with Crippen LogP contribution in [-0.2, 0) is 9.63 Å². The lowest BCUT2D eigenvalue weighted by atomic mass is 10.2. The lowest BCUT2D eigenvalue weighted by Gasteiger charge is -2.26. The van der Waals surface area contributed by atoms with Gasteiger partial charge in [0.15, 0.2) is 6.61 Å².